The summed E-state index contributed by atoms with van der Waals surface area (Å²) in [6.07, 6.45) is 4.27. The van der Waals surface area contributed by atoms with Gasteiger partial charge in [-0.15, -0.1) is 0 Å². The van der Waals surface area contributed by atoms with Crippen LogP contribution in [-0.4, -0.2) is 50.2 Å². The lowest BCUT2D eigenvalue weighted by atomic mass is 10.5. The number of hydrogen-bond donors (Lipinski definition) is 2. The van der Waals surface area contributed by atoms with Gasteiger partial charge in [0.05, 0.1) is 0 Å². The highest BCUT2D eigenvalue weighted by Crippen LogP contribution is 1.87. The third-order valence-corrected chi connectivity index (χ3v) is 2.67. The van der Waals surface area contributed by atoms with Crippen LogP contribution in [0.4, 0.5) is 0 Å². The van der Waals surface area contributed by atoms with E-state index in [0.717, 1.165) is 26.2 Å². The van der Waals surface area contributed by atoms with Crippen LogP contribution < -0.4 is 10.6 Å². The highest BCUT2D eigenvalue weighted by molar-refractivity contribution is 7.98. The van der Waals surface area contributed by atoms with Crippen molar-refractivity contribution in [1.29, 1.82) is 0 Å². The summed E-state index contributed by atoms with van der Waals surface area (Å²) < 4.78 is 0. The smallest absolute Gasteiger partial charge is 0.00770 e. The normalized spacial score (nSPS) is 10.5. The van der Waals surface area contributed by atoms with Gasteiger partial charge in [-0.2, -0.15) is 23.5 Å². The van der Waals surface area contributed by atoms with Gasteiger partial charge in [-0.25, -0.2) is 0 Å². The molecular weight excluding hydrogens is 188 g/mol. The predicted octanol–water partition coefficient (Wildman–Crippen LogP) is 0.892. The van der Waals surface area contributed by atoms with Crippen molar-refractivity contribution < 1.29 is 0 Å². The summed E-state index contributed by atoms with van der Waals surface area (Å²) in [4.78, 5) is 0. The topological polar surface area (TPSA) is 24.1 Å². The van der Waals surface area contributed by atoms with Gasteiger partial charge < -0.3 is 10.6 Å². The average molecular weight is 208 g/mol. The SMILES string of the molecule is CSCCNCCNCCSC. The average Bonchev–Trinajstić information content (AvgIpc) is 2.10. The molecule has 74 valence electrons. The van der Waals surface area contributed by atoms with E-state index in [4.69, 9.17) is 0 Å². The van der Waals surface area contributed by atoms with E-state index >= 15 is 0 Å². The van der Waals surface area contributed by atoms with E-state index < -0.39 is 0 Å². The molecule has 0 fully saturated rings. The minimum absolute atomic E-state index is 1.09. The standard InChI is InChI=1S/C8H20N2S2/c1-11-7-5-9-3-4-10-6-8-12-2/h9-10H,3-8H2,1-2H3. The highest BCUT2D eigenvalue weighted by Gasteiger charge is 1.86. The second kappa shape index (κ2) is 11.6. The molecule has 0 radical (unpaired) electrons. The van der Waals surface area contributed by atoms with Crippen LogP contribution in [0.25, 0.3) is 0 Å². The summed E-state index contributed by atoms with van der Waals surface area (Å²) >= 11 is 3.77. The van der Waals surface area contributed by atoms with E-state index in [1.54, 1.807) is 0 Å². The molecule has 0 spiro atoms. The molecule has 4 heteroatoms. The van der Waals surface area contributed by atoms with Crippen molar-refractivity contribution in [3.63, 3.8) is 0 Å². The van der Waals surface area contributed by atoms with Gasteiger partial charge in [0.15, 0.2) is 0 Å². The summed E-state index contributed by atoms with van der Waals surface area (Å²) in [5.74, 6) is 2.43. The lowest BCUT2D eigenvalue weighted by molar-refractivity contribution is 0.645. The Morgan fingerprint density at radius 3 is 1.50 bits per heavy atom. The number of hydrogen-bond acceptors (Lipinski definition) is 4. The molecule has 0 heterocycles. The Morgan fingerprint density at radius 2 is 1.17 bits per heavy atom. The molecule has 0 amide bonds. The Labute approximate surface area is 84.6 Å². The van der Waals surface area contributed by atoms with Crippen molar-refractivity contribution >= 4 is 23.5 Å². The van der Waals surface area contributed by atoms with Gasteiger partial charge in [0.25, 0.3) is 0 Å². The zero-order chi connectivity index (χ0) is 9.07. The van der Waals surface area contributed by atoms with Crippen LogP contribution in [0.15, 0.2) is 0 Å². The van der Waals surface area contributed by atoms with Gasteiger partial charge in [0.1, 0.15) is 0 Å². The molecular formula is C8H20N2S2. The summed E-state index contributed by atoms with van der Waals surface area (Å²) in [6.45, 7) is 4.45. The van der Waals surface area contributed by atoms with Crippen LogP contribution in [0.5, 0.6) is 0 Å². The van der Waals surface area contributed by atoms with Gasteiger partial charge in [-0.05, 0) is 12.5 Å². The molecule has 2 nitrogen and oxygen atoms in total. The molecule has 0 aromatic carbocycles. The van der Waals surface area contributed by atoms with Crippen molar-refractivity contribution in [2.24, 2.45) is 0 Å². The molecule has 0 aliphatic rings. The van der Waals surface area contributed by atoms with Crippen LogP contribution in [0, 0.1) is 0 Å². The van der Waals surface area contributed by atoms with Crippen molar-refractivity contribution in [1.82, 2.24) is 10.6 Å². The molecule has 0 aliphatic carbocycles. The summed E-state index contributed by atoms with van der Waals surface area (Å²) in [5, 5.41) is 6.75. The van der Waals surface area contributed by atoms with Gasteiger partial charge in [-0.3, -0.25) is 0 Å². The lowest BCUT2D eigenvalue weighted by Crippen LogP contribution is -2.29. The molecule has 0 aliphatic heterocycles. The molecule has 0 aromatic rings. The first kappa shape index (κ1) is 12.6. The van der Waals surface area contributed by atoms with Crippen LogP contribution in [-0.2, 0) is 0 Å². The van der Waals surface area contributed by atoms with Crippen molar-refractivity contribution in [2.75, 3.05) is 50.2 Å². The van der Waals surface area contributed by atoms with Crippen LogP contribution in [0.1, 0.15) is 0 Å². The Balaban J connectivity index is 2.73. The lowest BCUT2D eigenvalue weighted by Gasteiger charge is -2.04. The van der Waals surface area contributed by atoms with Crippen molar-refractivity contribution in [3.8, 4) is 0 Å². The predicted molar refractivity (Wildman–Crippen MR) is 62.5 cm³/mol. The minimum atomic E-state index is 1.09. The quantitative estimate of drug-likeness (QED) is 0.550. The Kier molecular flexibility index (Phi) is 12.2. The third-order valence-electron chi connectivity index (χ3n) is 1.44. The Morgan fingerprint density at radius 1 is 0.750 bits per heavy atom. The number of nitrogens with one attached hydrogen (secondary N) is 2. The van der Waals surface area contributed by atoms with E-state index in [0.29, 0.717) is 0 Å². The fraction of sp³-hybridized carbons (Fsp3) is 1.00. The fourth-order valence-corrected chi connectivity index (χ4v) is 1.47. The first-order valence-corrected chi connectivity index (χ1v) is 7.10. The Bertz CT molecular complexity index is 71.5. The second-order valence-corrected chi connectivity index (χ2v) is 4.46. The second-order valence-electron chi connectivity index (χ2n) is 2.49. The van der Waals surface area contributed by atoms with Crippen LogP contribution >= 0.6 is 23.5 Å². The zero-order valence-electron chi connectivity index (χ0n) is 8.06. The number of thioether (sulfide) groups is 2. The van der Waals surface area contributed by atoms with E-state index in [1.165, 1.54) is 11.5 Å². The van der Waals surface area contributed by atoms with E-state index in [9.17, 15) is 0 Å². The molecule has 0 saturated carbocycles. The molecule has 0 saturated heterocycles. The Hall–Kier alpha value is 0.620. The first-order chi connectivity index (χ1) is 5.91. The maximum atomic E-state index is 3.37. The van der Waals surface area contributed by atoms with Crippen LogP contribution in [0.2, 0.25) is 0 Å². The molecule has 12 heavy (non-hydrogen) atoms. The maximum absolute atomic E-state index is 3.37. The molecule has 0 atom stereocenters. The molecule has 0 unspecified atom stereocenters. The van der Waals surface area contributed by atoms with Crippen LogP contribution in [0.3, 0.4) is 0 Å². The molecule has 0 bridgehead atoms. The van der Waals surface area contributed by atoms with E-state index in [2.05, 4.69) is 23.1 Å². The number of rotatable bonds is 9. The zero-order valence-corrected chi connectivity index (χ0v) is 9.69. The van der Waals surface area contributed by atoms with E-state index in [-0.39, 0.29) is 0 Å². The highest BCUT2D eigenvalue weighted by atomic mass is 32.2. The molecule has 0 rings (SSSR count). The molecule has 2 N–H and O–H groups in total. The van der Waals surface area contributed by atoms with Gasteiger partial charge >= 0.3 is 0 Å². The van der Waals surface area contributed by atoms with Gasteiger partial charge in [0.2, 0.25) is 0 Å². The third kappa shape index (κ3) is 10.6. The molecule has 0 aromatic heterocycles. The maximum Gasteiger partial charge on any atom is 0.00770 e. The largest absolute Gasteiger partial charge is 0.315 e. The monoisotopic (exact) mass is 208 g/mol. The first-order valence-electron chi connectivity index (χ1n) is 4.31. The fourth-order valence-electron chi connectivity index (χ4n) is 0.775. The van der Waals surface area contributed by atoms with Crippen molar-refractivity contribution in [3.05, 3.63) is 0 Å². The summed E-state index contributed by atoms with van der Waals surface area (Å²) in [5.41, 5.74) is 0. The summed E-state index contributed by atoms with van der Waals surface area (Å²) in [6, 6.07) is 0. The van der Waals surface area contributed by atoms with Gasteiger partial charge in [-0.1, -0.05) is 0 Å². The van der Waals surface area contributed by atoms with Crippen molar-refractivity contribution in [2.45, 2.75) is 0 Å². The van der Waals surface area contributed by atoms with E-state index in [1.807, 2.05) is 23.5 Å². The van der Waals surface area contributed by atoms with Gasteiger partial charge in [0, 0.05) is 37.7 Å². The minimum Gasteiger partial charge on any atom is -0.315 e. The summed E-state index contributed by atoms with van der Waals surface area (Å²) in [7, 11) is 0.